The van der Waals surface area contributed by atoms with Crippen molar-refractivity contribution in [2.75, 3.05) is 0 Å². The maximum Gasteiger partial charge on any atom is 0.265 e. The maximum absolute atomic E-state index is 14.1. The van der Waals surface area contributed by atoms with E-state index in [0.29, 0.717) is 17.0 Å². The molecule has 0 fully saturated rings. The monoisotopic (exact) mass is 502 g/mol. The molecule has 0 saturated heterocycles. The van der Waals surface area contributed by atoms with Crippen LogP contribution in [0.15, 0.2) is 138 Å². The van der Waals surface area contributed by atoms with E-state index in [1.165, 1.54) is 0 Å². The van der Waals surface area contributed by atoms with Crippen molar-refractivity contribution in [3.8, 4) is 39.9 Å². The summed E-state index contributed by atoms with van der Waals surface area (Å²) in [5, 5.41) is 2.46. The van der Waals surface area contributed by atoms with Crippen molar-refractivity contribution in [1.29, 1.82) is 0 Å². The lowest BCUT2D eigenvalue weighted by molar-refractivity contribution is 0.907. The molecule has 2 aromatic heterocycles. The topological polar surface area (TPSA) is 60.7 Å². The smallest absolute Gasteiger partial charge is 0.265 e. The van der Waals surface area contributed by atoms with Gasteiger partial charge in [-0.2, -0.15) is 9.97 Å². The average Bonchev–Trinajstić information content (AvgIpc) is 3.02. The molecule has 5 nitrogen and oxygen atoms in total. The van der Waals surface area contributed by atoms with Crippen LogP contribution in [-0.4, -0.2) is 19.5 Å². The third-order valence-electron chi connectivity index (χ3n) is 6.88. The fraction of sp³-hybridized carbons (Fsp3) is 0. The number of rotatable bonds is 4. The fourth-order valence-electron chi connectivity index (χ4n) is 4.99. The highest BCUT2D eigenvalue weighted by Crippen LogP contribution is 2.30. The second kappa shape index (κ2) is 9.47. The van der Waals surface area contributed by atoms with Gasteiger partial charge in [-0.05, 0) is 34.7 Å². The van der Waals surface area contributed by atoms with Crippen molar-refractivity contribution in [3.05, 3.63) is 144 Å². The van der Waals surface area contributed by atoms with Gasteiger partial charge in [-0.15, -0.1) is 0 Å². The highest BCUT2D eigenvalue weighted by Gasteiger charge is 2.18. The number of hydrogen-bond donors (Lipinski definition) is 0. The summed E-state index contributed by atoms with van der Waals surface area (Å²) in [4.78, 5) is 28.5. The van der Waals surface area contributed by atoms with Crippen LogP contribution in [-0.2, 0) is 0 Å². The molecule has 0 saturated carbocycles. The predicted molar refractivity (Wildman–Crippen MR) is 157 cm³/mol. The Morgan fingerprint density at radius 1 is 0.436 bits per heavy atom. The molecule has 0 aliphatic rings. The lowest BCUT2D eigenvalue weighted by Crippen LogP contribution is -2.22. The van der Waals surface area contributed by atoms with Gasteiger partial charge in [0, 0.05) is 21.9 Å². The number of pyridine rings is 1. The molecule has 0 N–H and O–H groups in total. The summed E-state index contributed by atoms with van der Waals surface area (Å²) in [5.41, 5.74) is 4.45. The number of nitrogens with zero attached hydrogens (tertiary/aromatic N) is 4. The first kappa shape index (κ1) is 22.8. The van der Waals surface area contributed by atoms with E-state index >= 15 is 0 Å². The Morgan fingerprint density at radius 3 is 1.54 bits per heavy atom. The summed E-state index contributed by atoms with van der Waals surface area (Å²) in [7, 11) is 0. The van der Waals surface area contributed by atoms with Crippen LogP contribution in [0.4, 0.5) is 0 Å². The largest absolute Gasteiger partial charge is 0.268 e. The third-order valence-corrected chi connectivity index (χ3v) is 6.88. The van der Waals surface area contributed by atoms with Gasteiger partial charge in [-0.3, -0.25) is 4.79 Å². The second-order valence-electron chi connectivity index (χ2n) is 9.30. The fourth-order valence-corrected chi connectivity index (χ4v) is 4.99. The van der Waals surface area contributed by atoms with Crippen LogP contribution in [0.25, 0.3) is 61.5 Å². The summed E-state index contributed by atoms with van der Waals surface area (Å²) in [6.07, 6.45) is 0. The zero-order valence-electron chi connectivity index (χ0n) is 20.9. The van der Waals surface area contributed by atoms with Crippen molar-refractivity contribution in [1.82, 2.24) is 19.5 Å². The zero-order chi connectivity index (χ0) is 26.2. The first-order chi connectivity index (χ1) is 19.3. The molecule has 7 aromatic rings. The first-order valence-electron chi connectivity index (χ1n) is 12.8. The predicted octanol–water partition coefficient (Wildman–Crippen LogP) is 7.33. The molecule has 5 heteroatoms. The van der Waals surface area contributed by atoms with E-state index in [4.69, 9.17) is 15.0 Å². The van der Waals surface area contributed by atoms with Gasteiger partial charge in [-0.1, -0.05) is 115 Å². The highest BCUT2D eigenvalue weighted by molar-refractivity contribution is 6.07. The Labute approximate surface area is 224 Å². The van der Waals surface area contributed by atoms with Crippen LogP contribution in [0.2, 0.25) is 0 Å². The minimum absolute atomic E-state index is 0.171. The van der Waals surface area contributed by atoms with Crippen LogP contribution in [0.1, 0.15) is 0 Å². The van der Waals surface area contributed by atoms with E-state index in [9.17, 15) is 4.79 Å². The van der Waals surface area contributed by atoms with E-state index < -0.39 is 0 Å². The standard InChI is InChI=1S/C34H22N4O/c39-33-28-19-11-10-18-27(28)29-22-26(23-12-4-1-5-13-23)20-21-30(29)38(33)34-36-31(24-14-6-2-7-15-24)35-32(37-34)25-16-8-3-9-17-25/h1-22H. The van der Waals surface area contributed by atoms with E-state index in [1.807, 2.05) is 115 Å². The normalized spacial score (nSPS) is 11.2. The molecule has 2 heterocycles. The lowest BCUT2D eigenvalue weighted by Gasteiger charge is -2.15. The van der Waals surface area contributed by atoms with Gasteiger partial charge >= 0.3 is 0 Å². The van der Waals surface area contributed by atoms with E-state index in [2.05, 4.69) is 18.2 Å². The number of fused-ring (bicyclic) bond motifs is 3. The lowest BCUT2D eigenvalue weighted by atomic mass is 10.00. The van der Waals surface area contributed by atoms with E-state index in [0.717, 1.165) is 38.5 Å². The summed E-state index contributed by atoms with van der Waals surface area (Å²) in [6.45, 7) is 0. The number of benzene rings is 5. The van der Waals surface area contributed by atoms with Crippen LogP contribution < -0.4 is 5.56 Å². The molecular weight excluding hydrogens is 480 g/mol. The SMILES string of the molecule is O=c1c2ccccc2c2cc(-c3ccccc3)ccc2n1-c1nc(-c2ccccc2)nc(-c2ccccc2)n1. The Balaban J connectivity index is 1.56. The molecule has 0 atom stereocenters. The summed E-state index contributed by atoms with van der Waals surface area (Å²) in [6, 6.07) is 43.6. The minimum Gasteiger partial charge on any atom is -0.268 e. The van der Waals surface area contributed by atoms with Gasteiger partial charge in [0.1, 0.15) is 0 Å². The van der Waals surface area contributed by atoms with Gasteiger partial charge in [-0.25, -0.2) is 9.55 Å². The average molecular weight is 503 g/mol. The van der Waals surface area contributed by atoms with Crippen molar-refractivity contribution >= 4 is 21.7 Å². The second-order valence-corrected chi connectivity index (χ2v) is 9.30. The molecular formula is C34H22N4O. The molecule has 39 heavy (non-hydrogen) atoms. The number of aromatic nitrogens is 4. The molecule has 0 spiro atoms. The Morgan fingerprint density at radius 2 is 0.949 bits per heavy atom. The third kappa shape index (κ3) is 4.06. The van der Waals surface area contributed by atoms with Gasteiger partial charge in [0.25, 0.3) is 5.56 Å². The number of hydrogen-bond acceptors (Lipinski definition) is 4. The van der Waals surface area contributed by atoms with Crippen LogP contribution in [0.3, 0.4) is 0 Å². The Hall–Kier alpha value is -5.42. The summed E-state index contributed by atoms with van der Waals surface area (Å²) in [5.74, 6) is 1.30. The van der Waals surface area contributed by atoms with Crippen molar-refractivity contribution in [3.63, 3.8) is 0 Å². The summed E-state index contributed by atoms with van der Waals surface area (Å²) < 4.78 is 1.62. The quantitative estimate of drug-likeness (QED) is 0.236. The van der Waals surface area contributed by atoms with Crippen molar-refractivity contribution < 1.29 is 0 Å². The van der Waals surface area contributed by atoms with Gasteiger partial charge in [0.2, 0.25) is 5.95 Å². The van der Waals surface area contributed by atoms with Crippen molar-refractivity contribution in [2.24, 2.45) is 0 Å². The molecule has 184 valence electrons. The molecule has 0 radical (unpaired) electrons. The molecule has 0 amide bonds. The molecule has 5 aromatic carbocycles. The Kier molecular flexibility index (Phi) is 5.52. The van der Waals surface area contributed by atoms with Crippen LogP contribution in [0, 0.1) is 0 Å². The first-order valence-corrected chi connectivity index (χ1v) is 12.8. The molecule has 0 bridgehead atoms. The van der Waals surface area contributed by atoms with E-state index in [1.54, 1.807) is 4.57 Å². The van der Waals surface area contributed by atoms with Crippen molar-refractivity contribution in [2.45, 2.75) is 0 Å². The Bertz CT molecular complexity index is 1960. The van der Waals surface area contributed by atoms with Crippen LogP contribution >= 0.6 is 0 Å². The van der Waals surface area contributed by atoms with Gasteiger partial charge in [0.05, 0.1) is 5.52 Å². The molecule has 0 unspecified atom stereocenters. The zero-order valence-corrected chi connectivity index (χ0v) is 20.9. The van der Waals surface area contributed by atoms with E-state index in [-0.39, 0.29) is 11.5 Å². The highest BCUT2D eigenvalue weighted by atomic mass is 16.1. The molecule has 0 aliphatic carbocycles. The van der Waals surface area contributed by atoms with Gasteiger partial charge < -0.3 is 0 Å². The summed E-state index contributed by atoms with van der Waals surface area (Å²) >= 11 is 0. The maximum atomic E-state index is 14.1. The van der Waals surface area contributed by atoms with Crippen LogP contribution in [0.5, 0.6) is 0 Å². The van der Waals surface area contributed by atoms with Gasteiger partial charge in [0.15, 0.2) is 11.6 Å². The molecule has 7 rings (SSSR count). The minimum atomic E-state index is -0.171. The molecule has 0 aliphatic heterocycles.